The zero-order valence-corrected chi connectivity index (χ0v) is 11.3. The number of carboxylic acids is 1. The summed E-state index contributed by atoms with van der Waals surface area (Å²) < 4.78 is 4.64. The number of carboxylic acid groups (broad SMARTS) is 1. The van der Waals surface area contributed by atoms with E-state index in [9.17, 15) is 9.59 Å². The number of rotatable bonds is 6. The first-order valence-corrected chi connectivity index (χ1v) is 5.98. The van der Waals surface area contributed by atoms with Crippen molar-refractivity contribution in [3.8, 4) is 0 Å². The van der Waals surface area contributed by atoms with Crippen molar-refractivity contribution in [1.82, 2.24) is 4.98 Å². The van der Waals surface area contributed by atoms with E-state index in [2.05, 4.69) is 15.0 Å². The molecule has 0 aromatic carbocycles. The Balaban J connectivity index is 2.68. The average Bonchev–Trinajstić information content (AvgIpc) is 2.35. The predicted molar refractivity (Wildman–Crippen MR) is 70.3 cm³/mol. The first-order chi connectivity index (χ1) is 8.93. The van der Waals surface area contributed by atoms with Crippen LogP contribution in [0.25, 0.3) is 0 Å². The Bertz CT molecular complexity index is 474. The van der Waals surface area contributed by atoms with Crippen LogP contribution in [-0.2, 0) is 9.53 Å². The van der Waals surface area contributed by atoms with Crippen LogP contribution in [0.5, 0.6) is 0 Å². The van der Waals surface area contributed by atoms with Crippen molar-refractivity contribution >= 4 is 17.8 Å². The molecule has 0 fully saturated rings. The number of esters is 1. The number of hydrogen-bond acceptors (Lipinski definition) is 5. The van der Waals surface area contributed by atoms with E-state index in [1.807, 2.05) is 6.92 Å². The molecule has 104 valence electrons. The highest BCUT2D eigenvalue weighted by molar-refractivity contribution is 5.90. The number of pyridine rings is 1. The molecule has 0 aliphatic carbocycles. The molecule has 1 aromatic heterocycles. The third-order valence-corrected chi connectivity index (χ3v) is 2.68. The van der Waals surface area contributed by atoms with E-state index < -0.39 is 11.9 Å². The first kappa shape index (κ1) is 14.9. The zero-order chi connectivity index (χ0) is 14.4. The Hall–Kier alpha value is -2.11. The van der Waals surface area contributed by atoms with Gasteiger partial charge in [0.1, 0.15) is 5.82 Å². The number of aliphatic carboxylic acids is 1. The number of aryl methyl sites for hydroxylation is 1. The van der Waals surface area contributed by atoms with Crippen LogP contribution in [0, 0.1) is 6.92 Å². The molecule has 6 heteroatoms. The SMILES string of the molecule is COC(=O)c1ccc(NC(C)CCC(=O)O)nc1C. The molecule has 2 N–H and O–H groups in total. The fourth-order valence-electron chi connectivity index (χ4n) is 1.63. The summed E-state index contributed by atoms with van der Waals surface area (Å²) in [4.78, 5) is 26.1. The van der Waals surface area contributed by atoms with Crippen LogP contribution < -0.4 is 5.32 Å². The number of methoxy groups -OCH3 is 1. The molecule has 1 aromatic rings. The van der Waals surface area contributed by atoms with Crippen molar-refractivity contribution < 1.29 is 19.4 Å². The van der Waals surface area contributed by atoms with E-state index in [1.54, 1.807) is 19.1 Å². The standard InChI is InChI=1S/C13H18N2O4/c1-8(4-7-12(16)17)14-11-6-5-10(9(2)15-11)13(18)19-3/h5-6,8H,4,7H2,1-3H3,(H,14,15)(H,16,17). The van der Waals surface area contributed by atoms with Gasteiger partial charge in [0.05, 0.1) is 18.4 Å². The number of carbonyl (C=O) groups excluding carboxylic acids is 1. The lowest BCUT2D eigenvalue weighted by Gasteiger charge is -2.14. The number of carbonyl (C=O) groups is 2. The normalized spacial score (nSPS) is 11.7. The van der Waals surface area contributed by atoms with Gasteiger partial charge in [-0.2, -0.15) is 0 Å². The van der Waals surface area contributed by atoms with Gasteiger partial charge >= 0.3 is 11.9 Å². The third-order valence-electron chi connectivity index (χ3n) is 2.68. The third kappa shape index (κ3) is 4.57. The fraction of sp³-hybridized carbons (Fsp3) is 0.462. The highest BCUT2D eigenvalue weighted by Crippen LogP contribution is 2.13. The van der Waals surface area contributed by atoms with Gasteiger partial charge in [0.25, 0.3) is 0 Å². The lowest BCUT2D eigenvalue weighted by molar-refractivity contribution is -0.137. The topological polar surface area (TPSA) is 88.5 Å². The van der Waals surface area contributed by atoms with Crippen molar-refractivity contribution in [1.29, 1.82) is 0 Å². The number of hydrogen-bond donors (Lipinski definition) is 2. The minimum Gasteiger partial charge on any atom is -0.481 e. The van der Waals surface area contributed by atoms with Gasteiger partial charge in [-0.3, -0.25) is 4.79 Å². The van der Waals surface area contributed by atoms with Gasteiger partial charge in [-0.1, -0.05) is 0 Å². The second kappa shape index (κ2) is 6.72. The van der Waals surface area contributed by atoms with Gasteiger partial charge in [0, 0.05) is 12.5 Å². The fourth-order valence-corrected chi connectivity index (χ4v) is 1.63. The Morgan fingerprint density at radius 2 is 2.16 bits per heavy atom. The van der Waals surface area contributed by atoms with Crippen molar-refractivity contribution in [2.75, 3.05) is 12.4 Å². The molecule has 0 aliphatic heterocycles. The number of nitrogens with zero attached hydrogens (tertiary/aromatic N) is 1. The summed E-state index contributed by atoms with van der Waals surface area (Å²) in [5, 5.41) is 11.7. The highest BCUT2D eigenvalue weighted by atomic mass is 16.5. The summed E-state index contributed by atoms with van der Waals surface area (Å²) in [6.45, 7) is 3.60. The molecule has 0 saturated heterocycles. The number of anilines is 1. The Kier molecular flexibility index (Phi) is 5.29. The van der Waals surface area contributed by atoms with Gasteiger partial charge in [0.15, 0.2) is 0 Å². The Morgan fingerprint density at radius 3 is 2.68 bits per heavy atom. The molecule has 1 heterocycles. The zero-order valence-electron chi connectivity index (χ0n) is 11.3. The molecule has 1 atom stereocenters. The van der Waals surface area contributed by atoms with Gasteiger partial charge < -0.3 is 15.2 Å². The summed E-state index contributed by atoms with van der Waals surface area (Å²) in [5.74, 6) is -0.627. The predicted octanol–water partition coefficient (Wildman–Crippen LogP) is 1.84. The minimum atomic E-state index is -0.821. The molecule has 0 bridgehead atoms. The van der Waals surface area contributed by atoms with E-state index in [1.165, 1.54) is 7.11 Å². The largest absolute Gasteiger partial charge is 0.481 e. The molecule has 19 heavy (non-hydrogen) atoms. The second-order valence-electron chi connectivity index (χ2n) is 4.30. The number of aromatic nitrogens is 1. The van der Waals surface area contributed by atoms with Crippen LogP contribution >= 0.6 is 0 Å². The van der Waals surface area contributed by atoms with Crippen LogP contribution in [-0.4, -0.2) is 35.2 Å². The van der Waals surface area contributed by atoms with Crippen LogP contribution in [0.4, 0.5) is 5.82 Å². The molecular formula is C13H18N2O4. The van der Waals surface area contributed by atoms with Crippen LogP contribution in [0.2, 0.25) is 0 Å². The van der Waals surface area contributed by atoms with Crippen molar-refractivity contribution in [3.63, 3.8) is 0 Å². The van der Waals surface area contributed by atoms with Crippen molar-refractivity contribution in [3.05, 3.63) is 23.4 Å². The maximum atomic E-state index is 11.4. The van der Waals surface area contributed by atoms with E-state index in [4.69, 9.17) is 5.11 Å². The van der Waals surface area contributed by atoms with Gasteiger partial charge in [0.2, 0.25) is 0 Å². The monoisotopic (exact) mass is 266 g/mol. The summed E-state index contributed by atoms with van der Waals surface area (Å²) in [6.07, 6.45) is 0.613. The van der Waals surface area contributed by atoms with Gasteiger partial charge in [-0.25, -0.2) is 9.78 Å². The molecule has 0 amide bonds. The molecule has 0 spiro atoms. The second-order valence-corrected chi connectivity index (χ2v) is 4.30. The van der Waals surface area contributed by atoms with Gasteiger partial charge in [-0.05, 0) is 32.4 Å². The maximum Gasteiger partial charge on any atom is 0.339 e. The summed E-state index contributed by atoms with van der Waals surface area (Å²) in [7, 11) is 1.32. The average molecular weight is 266 g/mol. The van der Waals surface area contributed by atoms with Crippen molar-refractivity contribution in [2.45, 2.75) is 32.7 Å². The van der Waals surface area contributed by atoms with Crippen LogP contribution in [0.15, 0.2) is 12.1 Å². The molecule has 0 saturated carbocycles. The molecule has 0 aliphatic rings. The first-order valence-electron chi connectivity index (χ1n) is 5.98. The van der Waals surface area contributed by atoms with Crippen LogP contribution in [0.1, 0.15) is 35.8 Å². The van der Waals surface area contributed by atoms with E-state index in [-0.39, 0.29) is 12.5 Å². The van der Waals surface area contributed by atoms with Gasteiger partial charge in [-0.15, -0.1) is 0 Å². The molecular weight excluding hydrogens is 248 g/mol. The molecule has 6 nitrogen and oxygen atoms in total. The lowest BCUT2D eigenvalue weighted by atomic mass is 10.1. The highest BCUT2D eigenvalue weighted by Gasteiger charge is 2.12. The van der Waals surface area contributed by atoms with E-state index >= 15 is 0 Å². The lowest BCUT2D eigenvalue weighted by Crippen LogP contribution is -2.18. The molecule has 1 rings (SSSR count). The van der Waals surface area contributed by atoms with Crippen LogP contribution in [0.3, 0.4) is 0 Å². The summed E-state index contributed by atoms with van der Waals surface area (Å²) >= 11 is 0. The smallest absolute Gasteiger partial charge is 0.339 e. The quantitative estimate of drug-likeness (QED) is 0.764. The Labute approximate surface area is 111 Å². The Morgan fingerprint density at radius 1 is 1.47 bits per heavy atom. The number of ether oxygens (including phenoxy) is 1. The number of nitrogens with one attached hydrogen (secondary N) is 1. The molecule has 0 radical (unpaired) electrons. The van der Waals surface area contributed by atoms with Crippen molar-refractivity contribution in [2.24, 2.45) is 0 Å². The maximum absolute atomic E-state index is 11.4. The summed E-state index contributed by atoms with van der Waals surface area (Å²) in [5.41, 5.74) is 0.994. The van der Waals surface area contributed by atoms with E-state index in [0.29, 0.717) is 23.5 Å². The molecule has 1 unspecified atom stereocenters. The van der Waals surface area contributed by atoms with E-state index in [0.717, 1.165) is 0 Å². The summed E-state index contributed by atoms with van der Waals surface area (Å²) in [6, 6.07) is 3.31. The minimum absolute atomic E-state index is 0.00743.